The van der Waals surface area contributed by atoms with Crippen LogP contribution in [0, 0.1) is 6.92 Å². The van der Waals surface area contributed by atoms with Gasteiger partial charge in [0.1, 0.15) is 0 Å². The van der Waals surface area contributed by atoms with Gasteiger partial charge in [0.05, 0.1) is 0 Å². The lowest BCUT2D eigenvalue weighted by Crippen LogP contribution is -2.05. The van der Waals surface area contributed by atoms with Gasteiger partial charge in [-0.05, 0) is 63.7 Å². The Hall–Kier alpha value is -2.64. The lowest BCUT2D eigenvalue weighted by atomic mass is 9.86. The SMILES string of the molecule is Cc1ccc2ccccc2c1-c1c(CCN)ccc2ccccc12. The highest BCUT2D eigenvalue weighted by Gasteiger charge is 2.14. The van der Waals surface area contributed by atoms with Gasteiger partial charge in [-0.2, -0.15) is 0 Å². The molecule has 0 aliphatic carbocycles. The maximum Gasteiger partial charge on any atom is -0.00365 e. The van der Waals surface area contributed by atoms with Crippen molar-refractivity contribution in [3.8, 4) is 11.1 Å². The molecule has 0 atom stereocenters. The fourth-order valence-corrected chi connectivity index (χ4v) is 3.69. The highest BCUT2D eigenvalue weighted by molar-refractivity contribution is 6.07. The van der Waals surface area contributed by atoms with Crippen LogP contribution in [0.3, 0.4) is 0 Å². The minimum absolute atomic E-state index is 0.662. The molecule has 4 rings (SSSR count). The van der Waals surface area contributed by atoms with Gasteiger partial charge in [0.25, 0.3) is 0 Å². The number of aryl methyl sites for hydroxylation is 1. The van der Waals surface area contributed by atoms with Crippen molar-refractivity contribution in [1.29, 1.82) is 0 Å². The standard InChI is InChI=1S/C23H21N/c1-16-10-11-17-6-2-4-8-20(17)22(16)23-19(14-15-24)13-12-18-7-3-5-9-21(18)23/h2-13H,14-15,24H2,1H3. The van der Waals surface area contributed by atoms with Crippen LogP contribution < -0.4 is 5.73 Å². The maximum absolute atomic E-state index is 5.90. The molecule has 0 saturated carbocycles. The van der Waals surface area contributed by atoms with Crippen LogP contribution in [-0.4, -0.2) is 6.54 Å². The lowest BCUT2D eigenvalue weighted by Gasteiger charge is -2.17. The first-order valence-electron chi connectivity index (χ1n) is 8.49. The third-order valence-electron chi connectivity index (χ3n) is 4.82. The van der Waals surface area contributed by atoms with Gasteiger partial charge in [-0.3, -0.25) is 0 Å². The van der Waals surface area contributed by atoms with Gasteiger partial charge >= 0.3 is 0 Å². The van der Waals surface area contributed by atoms with E-state index in [0.717, 1.165) is 6.42 Å². The first-order valence-corrected chi connectivity index (χ1v) is 8.49. The molecule has 0 spiro atoms. The number of rotatable bonds is 3. The topological polar surface area (TPSA) is 26.0 Å². The van der Waals surface area contributed by atoms with Crippen molar-refractivity contribution in [2.75, 3.05) is 6.54 Å². The van der Waals surface area contributed by atoms with Crippen molar-refractivity contribution in [1.82, 2.24) is 0 Å². The molecule has 0 aromatic heterocycles. The quantitative estimate of drug-likeness (QED) is 0.533. The molecule has 0 unspecified atom stereocenters. The van der Waals surface area contributed by atoms with E-state index in [4.69, 9.17) is 5.73 Å². The summed E-state index contributed by atoms with van der Waals surface area (Å²) in [7, 11) is 0. The van der Waals surface area contributed by atoms with Crippen molar-refractivity contribution in [2.45, 2.75) is 13.3 Å². The Morgan fingerprint density at radius 3 is 1.92 bits per heavy atom. The van der Waals surface area contributed by atoms with Crippen LogP contribution in [0.25, 0.3) is 32.7 Å². The molecular weight excluding hydrogens is 290 g/mol. The number of nitrogens with two attached hydrogens (primary N) is 1. The van der Waals surface area contributed by atoms with Crippen molar-refractivity contribution in [3.63, 3.8) is 0 Å². The van der Waals surface area contributed by atoms with E-state index in [1.165, 1.54) is 43.8 Å². The zero-order chi connectivity index (χ0) is 16.5. The van der Waals surface area contributed by atoms with Gasteiger partial charge in [-0.15, -0.1) is 0 Å². The second-order valence-corrected chi connectivity index (χ2v) is 6.34. The van der Waals surface area contributed by atoms with Crippen LogP contribution in [0.5, 0.6) is 0 Å². The summed E-state index contributed by atoms with van der Waals surface area (Å²) in [5, 5.41) is 5.18. The van der Waals surface area contributed by atoms with Crippen LogP contribution in [0.1, 0.15) is 11.1 Å². The minimum atomic E-state index is 0.662. The van der Waals surface area contributed by atoms with Crippen molar-refractivity contribution < 1.29 is 0 Å². The van der Waals surface area contributed by atoms with E-state index in [-0.39, 0.29) is 0 Å². The highest BCUT2D eigenvalue weighted by atomic mass is 14.5. The monoisotopic (exact) mass is 311 g/mol. The molecule has 0 radical (unpaired) electrons. The third-order valence-corrected chi connectivity index (χ3v) is 4.82. The van der Waals surface area contributed by atoms with Crippen LogP contribution in [0.2, 0.25) is 0 Å². The zero-order valence-electron chi connectivity index (χ0n) is 13.9. The van der Waals surface area contributed by atoms with Crippen molar-refractivity contribution >= 4 is 21.5 Å². The summed E-state index contributed by atoms with van der Waals surface area (Å²) in [5.74, 6) is 0. The Bertz CT molecular complexity index is 1030. The molecule has 1 heteroatoms. The largest absolute Gasteiger partial charge is 0.330 e. The first kappa shape index (κ1) is 14.9. The fourth-order valence-electron chi connectivity index (χ4n) is 3.69. The van der Waals surface area contributed by atoms with Crippen molar-refractivity contribution in [2.24, 2.45) is 5.73 Å². The molecule has 0 fully saturated rings. The van der Waals surface area contributed by atoms with E-state index in [1.54, 1.807) is 0 Å². The first-order chi connectivity index (χ1) is 11.8. The van der Waals surface area contributed by atoms with Gasteiger partial charge in [0.15, 0.2) is 0 Å². The molecular formula is C23H21N. The van der Waals surface area contributed by atoms with Crippen molar-refractivity contribution in [3.05, 3.63) is 83.9 Å². The third kappa shape index (κ3) is 2.38. The molecule has 4 aromatic rings. The molecule has 4 aromatic carbocycles. The van der Waals surface area contributed by atoms with Crippen LogP contribution in [0.15, 0.2) is 72.8 Å². The van der Waals surface area contributed by atoms with Crippen LogP contribution in [-0.2, 0) is 6.42 Å². The smallest absolute Gasteiger partial charge is 0.00365 e. The predicted octanol–water partition coefficient (Wildman–Crippen LogP) is 5.47. The Labute approximate surface area is 142 Å². The molecule has 24 heavy (non-hydrogen) atoms. The molecule has 0 aliphatic rings. The molecule has 0 bridgehead atoms. The Balaban J connectivity index is 2.17. The van der Waals surface area contributed by atoms with E-state index in [0.29, 0.717) is 6.54 Å². The molecule has 0 amide bonds. The second-order valence-electron chi connectivity index (χ2n) is 6.34. The van der Waals surface area contributed by atoms with Gasteiger partial charge in [0, 0.05) is 0 Å². The number of benzene rings is 4. The number of hydrogen-bond acceptors (Lipinski definition) is 1. The van der Waals surface area contributed by atoms with Gasteiger partial charge in [0.2, 0.25) is 0 Å². The molecule has 118 valence electrons. The summed E-state index contributed by atoms with van der Waals surface area (Å²) in [6.07, 6.45) is 0.892. The highest BCUT2D eigenvalue weighted by Crippen LogP contribution is 2.38. The average Bonchev–Trinajstić information content (AvgIpc) is 2.62. The molecule has 2 N–H and O–H groups in total. The van der Waals surface area contributed by atoms with E-state index >= 15 is 0 Å². The van der Waals surface area contributed by atoms with E-state index in [9.17, 15) is 0 Å². The van der Waals surface area contributed by atoms with Gasteiger partial charge < -0.3 is 5.73 Å². The molecule has 0 aliphatic heterocycles. The normalized spacial score (nSPS) is 11.2. The summed E-state index contributed by atoms with van der Waals surface area (Å²) in [6, 6.07) is 26.2. The van der Waals surface area contributed by atoms with Gasteiger partial charge in [-0.25, -0.2) is 0 Å². The maximum atomic E-state index is 5.90. The van der Waals surface area contributed by atoms with Gasteiger partial charge in [-0.1, -0.05) is 72.8 Å². The Morgan fingerprint density at radius 2 is 1.25 bits per heavy atom. The second kappa shape index (κ2) is 6.10. The van der Waals surface area contributed by atoms with Crippen LogP contribution >= 0.6 is 0 Å². The number of hydrogen-bond donors (Lipinski definition) is 1. The fraction of sp³-hybridized carbons (Fsp3) is 0.130. The minimum Gasteiger partial charge on any atom is -0.330 e. The van der Waals surface area contributed by atoms with E-state index in [1.807, 2.05) is 0 Å². The Morgan fingerprint density at radius 1 is 0.667 bits per heavy atom. The molecule has 1 nitrogen and oxygen atoms in total. The van der Waals surface area contributed by atoms with E-state index in [2.05, 4.69) is 79.7 Å². The predicted molar refractivity (Wildman–Crippen MR) is 104 cm³/mol. The summed E-state index contributed by atoms with van der Waals surface area (Å²) in [4.78, 5) is 0. The summed E-state index contributed by atoms with van der Waals surface area (Å²) >= 11 is 0. The Kier molecular flexibility index (Phi) is 3.79. The average molecular weight is 311 g/mol. The van der Waals surface area contributed by atoms with E-state index < -0.39 is 0 Å². The summed E-state index contributed by atoms with van der Waals surface area (Å²) in [6.45, 7) is 2.87. The summed E-state index contributed by atoms with van der Waals surface area (Å²) in [5.41, 5.74) is 11.2. The number of fused-ring (bicyclic) bond motifs is 2. The molecule has 0 saturated heterocycles. The summed E-state index contributed by atoms with van der Waals surface area (Å²) < 4.78 is 0. The van der Waals surface area contributed by atoms with Crippen LogP contribution in [0.4, 0.5) is 0 Å². The molecule has 0 heterocycles. The zero-order valence-corrected chi connectivity index (χ0v) is 13.9. The lowest BCUT2D eigenvalue weighted by molar-refractivity contribution is 0.972.